The van der Waals surface area contributed by atoms with E-state index in [9.17, 15) is 53.1 Å². The molecule has 27 heteroatoms. The van der Waals surface area contributed by atoms with Crippen LogP contribution in [0.15, 0.2) is 78.3 Å². The second kappa shape index (κ2) is 36.0. The quantitative estimate of drug-likeness (QED) is 0.0591. The fourth-order valence-corrected chi connectivity index (χ4v) is 6.96. The van der Waals surface area contributed by atoms with Crippen molar-refractivity contribution in [1.29, 1.82) is 0 Å². The number of hydrogen-bond donors (Lipinski definition) is 15. The molecule has 2 aromatic carbocycles. The highest BCUT2D eigenvalue weighted by molar-refractivity contribution is 5.98. The second-order valence-corrected chi connectivity index (χ2v) is 17.7. The van der Waals surface area contributed by atoms with Gasteiger partial charge in [0.25, 0.3) is 0 Å². The number of guanidine groups is 1. The molecule has 3 unspecified atom stereocenters. The zero-order valence-corrected chi connectivity index (χ0v) is 44.7. The largest absolute Gasteiger partial charge is 0.480 e. The molecule has 2 aromatic heterocycles. The first-order valence-corrected chi connectivity index (χ1v) is 25.3. The van der Waals surface area contributed by atoms with Crippen molar-refractivity contribution in [3.05, 3.63) is 90.1 Å². The lowest BCUT2D eigenvalue weighted by Crippen LogP contribution is -2.59. The van der Waals surface area contributed by atoms with Crippen LogP contribution in [0.25, 0.3) is 10.9 Å². The minimum absolute atomic E-state index is 0.0144. The van der Waals surface area contributed by atoms with E-state index in [2.05, 4.69) is 92.9 Å². The standard InChI is InChI=1S/C34H46N10O10.C9H9N.C4H11N3.C4H10N2O/c1-19-30(49)42-23(34(53)54)10-6-7-11-36-27(46)14-26(41-29(48)16-37-20(2)45)33(52)44-25(13-22-15-35-18-39-22)32(51)43-24(12-21-8-4-3-5-9-21)31(50)38-17-28(47)40-19;1-7-6-10-9-5-3-2-4-8(7)9;1-2-3-7-4(5)6;1-2-3-6-4(5)7/h3-5,8-9,15,18-19,23-26H,6-7,10-14,16-17H2,1-2H3,(H,35,39)(H,36,46)(H,37,45)(H,38,50)(H,40,47)(H,41,48)(H,42,49)(H,43,51)(H,44,52)(H,53,54);2-6,10H,1H3;2-3H2,1H3,(H4,5,6,7);2-3H2,1H3,(H3,5,6,7)/t19-,23?,24?,25-,26?;;;/m0.../s1. The highest BCUT2D eigenvalue weighted by Gasteiger charge is 2.32. The van der Waals surface area contributed by atoms with Gasteiger partial charge in [-0.2, -0.15) is 0 Å². The molecule has 426 valence electrons. The number of benzene rings is 2. The van der Waals surface area contributed by atoms with Gasteiger partial charge in [-0.3, -0.25) is 43.3 Å². The van der Waals surface area contributed by atoms with Crippen LogP contribution in [0, 0.1) is 6.92 Å². The van der Waals surface area contributed by atoms with Crippen molar-refractivity contribution in [2.75, 3.05) is 32.7 Å². The van der Waals surface area contributed by atoms with Crippen molar-refractivity contribution >= 4 is 76.1 Å². The number of nitrogens with two attached hydrogens (primary N) is 3. The number of aromatic nitrogens is 3. The Kier molecular flexibility index (Phi) is 30.1. The SMILES string of the molecule is CC(=O)NCC(=O)NC1CC(=O)NCCCCC(C(=O)O)NC(=O)[C@H](C)NC(=O)CNC(=O)C(Cc2ccccc2)NC(=O)[C@H](Cc2cnc[nH]2)NC1=O.CCCN=C(N)N.CCCNC(N)=O.Cc1c[nH]c2ccccc12. The molecule has 3 heterocycles. The van der Waals surface area contributed by atoms with Crippen LogP contribution in [-0.2, 0) is 56.0 Å². The van der Waals surface area contributed by atoms with Crippen LogP contribution in [0.1, 0.15) is 83.0 Å². The number of aliphatic imine (C=N–C) groups is 1. The predicted octanol–water partition coefficient (Wildman–Crippen LogP) is -1.12. The highest BCUT2D eigenvalue weighted by atomic mass is 16.4. The number of hydrogen-bond acceptors (Lipinski definition) is 12. The topological polar surface area (TPSA) is 434 Å². The molecule has 78 heavy (non-hydrogen) atoms. The van der Waals surface area contributed by atoms with Crippen LogP contribution in [-0.4, -0.2) is 148 Å². The van der Waals surface area contributed by atoms with Gasteiger partial charge in [-0.1, -0.05) is 62.4 Å². The van der Waals surface area contributed by atoms with Crippen LogP contribution in [0.5, 0.6) is 0 Å². The minimum Gasteiger partial charge on any atom is -0.480 e. The van der Waals surface area contributed by atoms with Crippen LogP contribution < -0.4 is 65.1 Å². The molecule has 1 fully saturated rings. The zero-order valence-electron chi connectivity index (χ0n) is 44.7. The molecule has 10 amide bonds. The summed E-state index contributed by atoms with van der Waals surface area (Å²) in [5.74, 6) is -7.22. The highest BCUT2D eigenvalue weighted by Crippen LogP contribution is 2.15. The number of aryl methyl sites for hydroxylation is 1. The maximum absolute atomic E-state index is 13.9. The van der Waals surface area contributed by atoms with Gasteiger partial charge in [0.2, 0.25) is 47.3 Å². The Bertz CT molecular complexity index is 2590. The monoisotopic (exact) mass is 1090 g/mol. The van der Waals surface area contributed by atoms with Crippen LogP contribution in [0.3, 0.4) is 0 Å². The summed E-state index contributed by atoms with van der Waals surface area (Å²) in [5.41, 5.74) is 18.3. The summed E-state index contributed by atoms with van der Waals surface area (Å²) in [6.45, 7) is 8.98. The number of amides is 10. The maximum atomic E-state index is 13.9. The van der Waals surface area contributed by atoms with Gasteiger partial charge in [-0.25, -0.2) is 14.6 Å². The number of carbonyl (C=O) groups is 10. The van der Waals surface area contributed by atoms with Crippen molar-refractivity contribution in [1.82, 2.24) is 62.8 Å². The molecular weight excluding hydrogens is 1010 g/mol. The maximum Gasteiger partial charge on any atom is 0.326 e. The second-order valence-electron chi connectivity index (χ2n) is 17.7. The van der Waals surface area contributed by atoms with Crippen LogP contribution >= 0.6 is 0 Å². The number of imidazole rings is 1. The summed E-state index contributed by atoms with van der Waals surface area (Å²) < 4.78 is 0. The fraction of sp³-hybridized carbons (Fsp3) is 0.451. The van der Waals surface area contributed by atoms with Crippen LogP contribution in [0.2, 0.25) is 0 Å². The van der Waals surface area contributed by atoms with Gasteiger partial charge in [0.15, 0.2) is 5.96 Å². The van der Waals surface area contributed by atoms with Gasteiger partial charge in [0.05, 0.1) is 25.8 Å². The molecule has 0 radical (unpaired) electrons. The van der Waals surface area contributed by atoms with Crippen molar-refractivity contribution in [3.63, 3.8) is 0 Å². The Labute approximate surface area is 452 Å². The van der Waals surface area contributed by atoms with Gasteiger partial charge in [0, 0.05) is 68.4 Å². The van der Waals surface area contributed by atoms with E-state index >= 15 is 0 Å². The van der Waals surface area contributed by atoms with Crippen molar-refractivity contribution in [2.45, 2.75) is 116 Å². The molecule has 0 bridgehead atoms. The van der Waals surface area contributed by atoms with Crippen molar-refractivity contribution < 1.29 is 53.1 Å². The summed E-state index contributed by atoms with van der Waals surface area (Å²) in [6, 6.07) is 9.82. The lowest BCUT2D eigenvalue weighted by molar-refractivity contribution is -0.142. The van der Waals surface area contributed by atoms with Gasteiger partial charge in [0.1, 0.15) is 30.2 Å². The molecule has 5 rings (SSSR count). The predicted molar refractivity (Wildman–Crippen MR) is 290 cm³/mol. The number of aliphatic carboxylic acids is 1. The van der Waals surface area contributed by atoms with Gasteiger partial charge in [-0.05, 0) is 63.1 Å². The third-order valence-corrected chi connectivity index (χ3v) is 11.0. The van der Waals surface area contributed by atoms with E-state index in [0.29, 0.717) is 17.8 Å². The third-order valence-electron chi connectivity index (χ3n) is 11.0. The average molecular weight is 1090 g/mol. The first kappa shape index (κ1) is 65.1. The average Bonchev–Trinajstić information content (AvgIpc) is 4.07. The van der Waals surface area contributed by atoms with E-state index in [4.69, 9.17) is 17.2 Å². The first-order chi connectivity index (χ1) is 37.1. The number of carbonyl (C=O) groups excluding carboxylic acids is 9. The molecule has 1 aliphatic rings. The Morgan fingerprint density at radius 2 is 1.45 bits per heavy atom. The molecule has 18 N–H and O–H groups in total. The number of carboxylic acid groups (broad SMARTS) is 1. The molecule has 1 saturated heterocycles. The number of nitrogens with one attached hydrogen (secondary N) is 11. The number of fused-ring (bicyclic) bond motifs is 1. The molecular formula is C51H76N16O11. The van der Waals surface area contributed by atoms with Crippen molar-refractivity contribution in [2.24, 2.45) is 22.2 Å². The molecule has 4 aromatic rings. The molecule has 1 aliphatic heterocycles. The van der Waals surface area contributed by atoms with E-state index < -0.39 is 109 Å². The van der Waals surface area contributed by atoms with Crippen molar-refractivity contribution in [3.8, 4) is 0 Å². The zero-order chi connectivity index (χ0) is 58.0. The number of nitrogens with zero attached hydrogens (tertiary/aromatic N) is 2. The number of urea groups is 1. The van der Waals surface area contributed by atoms with Crippen LogP contribution in [0.4, 0.5) is 4.79 Å². The number of para-hydroxylation sites is 1. The van der Waals surface area contributed by atoms with E-state index in [1.54, 1.807) is 30.3 Å². The molecule has 0 saturated carbocycles. The normalized spacial score (nSPS) is 18.7. The van der Waals surface area contributed by atoms with E-state index in [1.165, 1.54) is 42.8 Å². The number of primary amides is 1. The molecule has 0 aliphatic carbocycles. The number of H-pyrrole nitrogens is 2. The summed E-state index contributed by atoms with van der Waals surface area (Å²) in [5, 5.41) is 33.0. The first-order valence-electron chi connectivity index (χ1n) is 25.3. The Morgan fingerprint density at radius 3 is 2.04 bits per heavy atom. The molecule has 27 nitrogen and oxygen atoms in total. The fourth-order valence-electron chi connectivity index (χ4n) is 6.96. The van der Waals surface area contributed by atoms with Gasteiger partial charge < -0.3 is 80.1 Å². The summed E-state index contributed by atoms with van der Waals surface area (Å²) >= 11 is 0. The Hall–Kier alpha value is -9.04. The Morgan fingerprint density at radius 1 is 0.769 bits per heavy atom. The smallest absolute Gasteiger partial charge is 0.326 e. The minimum atomic E-state index is -1.53. The lowest BCUT2D eigenvalue weighted by atomic mass is 10.0. The van der Waals surface area contributed by atoms with E-state index in [0.717, 1.165) is 19.4 Å². The van der Waals surface area contributed by atoms with Gasteiger partial charge >= 0.3 is 12.0 Å². The molecule has 0 spiro atoms. The summed E-state index contributed by atoms with van der Waals surface area (Å²) in [6.07, 6.45) is 6.46. The lowest BCUT2D eigenvalue weighted by Gasteiger charge is -2.25. The van der Waals surface area contributed by atoms with E-state index in [1.807, 2.05) is 26.1 Å². The number of carboxylic acids is 1. The van der Waals surface area contributed by atoms with E-state index in [-0.39, 0.29) is 44.6 Å². The number of rotatable bonds is 12. The Balaban J connectivity index is 0.000000702. The third kappa shape index (κ3) is 27.0. The van der Waals surface area contributed by atoms with Gasteiger partial charge in [-0.15, -0.1) is 0 Å². The molecule has 5 atom stereocenters. The summed E-state index contributed by atoms with van der Waals surface area (Å²) in [4.78, 5) is 139. The number of aromatic amines is 2. The summed E-state index contributed by atoms with van der Waals surface area (Å²) in [7, 11) is 0.